The number of rotatable bonds is 4. The summed E-state index contributed by atoms with van der Waals surface area (Å²) >= 11 is 0. The molecule has 1 heterocycles. The molecule has 0 saturated heterocycles. The lowest BCUT2D eigenvalue weighted by atomic mass is 10.1. The van der Waals surface area contributed by atoms with Gasteiger partial charge in [-0.2, -0.15) is 0 Å². The number of nitrogen functional groups attached to an aromatic ring is 1. The van der Waals surface area contributed by atoms with Gasteiger partial charge in [0.15, 0.2) is 0 Å². The number of nitrogens with two attached hydrogens (primary N) is 1. The molecule has 0 atom stereocenters. The van der Waals surface area contributed by atoms with Gasteiger partial charge in [0.2, 0.25) is 0 Å². The van der Waals surface area contributed by atoms with E-state index in [9.17, 15) is 4.79 Å². The molecule has 1 aromatic rings. The largest absolute Gasteiger partial charge is 0.383 e. The van der Waals surface area contributed by atoms with E-state index >= 15 is 0 Å². The Bertz CT molecular complexity index is 382. The van der Waals surface area contributed by atoms with Crippen molar-refractivity contribution in [3.05, 3.63) is 21.7 Å². The molecule has 4 nitrogen and oxygen atoms in total. The van der Waals surface area contributed by atoms with Crippen LogP contribution in [0.15, 0.2) is 4.79 Å². The minimum Gasteiger partial charge on any atom is -0.383 e. The van der Waals surface area contributed by atoms with Crippen molar-refractivity contribution in [3.63, 3.8) is 0 Å². The van der Waals surface area contributed by atoms with E-state index in [1.54, 1.807) is 0 Å². The number of hydrogen-bond donors (Lipinski definition) is 2. The summed E-state index contributed by atoms with van der Waals surface area (Å²) in [5.41, 5.74) is 6.26. The van der Waals surface area contributed by atoms with Gasteiger partial charge in [0.25, 0.3) is 5.56 Å². The van der Waals surface area contributed by atoms with Crippen LogP contribution in [-0.2, 0) is 6.42 Å². The number of hydrogen-bond acceptors (Lipinski definition) is 3. The fourth-order valence-electron chi connectivity index (χ4n) is 1.57. The highest BCUT2D eigenvalue weighted by Crippen LogP contribution is 2.15. The van der Waals surface area contributed by atoms with Gasteiger partial charge in [-0.25, -0.2) is 4.98 Å². The molecule has 0 aromatic carbocycles. The van der Waals surface area contributed by atoms with Gasteiger partial charge in [-0.1, -0.05) is 27.2 Å². The van der Waals surface area contributed by atoms with Gasteiger partial charge in [-0.15, -0.1) is 0 Å². The number of aromatic amines is 1. The molecule has 0 amide bonds. The minimum absolute atomic E-state index is 0.0939. The van der Waals surface area contributed by atoms with Crippen LogP contribution in [-0.4, -0.2) is 9.97 Å². The SMILES string of the molecule is CCCCc1nc(N)c(C(C)C)c(=O)[nH]1. The molecule has 4 heteroatoms. The molecular formula is C11H19N3O. The first kappa shape index (κ1) is 11.8. The highest BCUT2D eigenvalue weighted by Gasteiger charge is 2.11. The van der Waals surface area contributed by atoms with E-state index in [0.29, 0.717) is 17.2 Å². The van der Waals surface area contributed by atoms with Gasteiger partial charge in [0, 0.05) is 6.42 Å². The first-order valence-corrected chi connectivity index (χ1v) is 5.44. The Balaban J connectivity index is 3.03. The van der Waals surface area contributed by atoms with E-state index in [-0.39, 0.29) is 11.5 Å². The zero-order valence-corrected chi connectivity index (χ0v) is 9.63. The van der Waals surface area contributed by atoms with Crippen LogP contribution in [0.4, 0.5) is 5.82 Å². The maximum absolute atomic E-state index is 11.7. The smallest absolute Gasteiger partial charge is 0.256 e. The lowest BCUT2D eigenvalue weighted by Crippen LogP contribution is -2.20. The van der Waals surface area contributed by atoms with Crippen LogP contribution in [0.2, 0.25) is 0 Å². The van der Waals surface area contributed by atoms with E-state index in [1.165, 1.54) is 0 Å². The summed E-state index contributed by atoms with van der Waals surface area (Å²) in [6.45, 7) is 5.98. The fourth-order valence-corrected chi connectivity index (χ4v) is 1.57. The Hall–Kier alpha value is -1.32. The predicted octanol–water partition coefficient (Wildman–Crippen LogP) is 1.82. The molecule has 0 aliphatic heterocycles. The van der Waals surface area contributed by atoms with Crippen molar-refractivity contribution < 1.29 is 0 Å². The summed E-state index contributed by atoms with van der Waals surface area (Å²) in [6.07, 6.45) is 2.88. The van der Waals surface area contributed by atoms with Crippen LogP contribution in [0.5, 0.6) is 0 Å². The molecule has 0 aliphatic carbocycles. The molecule has 0 aliphatic rings. The molecule has 1 rings (SSSR count). The quantitative estimate of drug-likeness (QED) is 0.794. The third-order valence-corrected chi connectivity index (χ3v) is 2.38. The molecular weight excluding hydrogens is 190 g/mol. The number of aryl methyl sites for hydroxylation is 1. The molecule has 1 aromatic heterocycles. The lowest BCUT2D eigenvalue weighted by molar-refractivity contribution is 0.737. The topological polar surface area (TPSA) is 71.8 Å². The number of nitrogens with zero attached hydrogens (tertiary/aromatic N) is 1. The Morgan fingerprint density at radius 1 is 1.47 bits per heavy atom. The summed E-state index contributed by atoms with van der Waals surface area (Å²) < 4.78 is 0. The molecule has 15 heavy (non-hydrogen) atoms. The van der Waals surface area contributed by atoms with E-state index in [2.05, 4.69) is 16.9 Å². The van der Waals surface area contributed by atoms with Gasteiger partial charge in [-0.3, -0.25) is 4.79 Å². The average Bonchev–Trinajstić information content (AvgIpc) is 2.12. The number of H-pyrrole nitrogens is 1. The van der Waals surface area contributed by atoms with Crippen molar-refractivity contribution in [1.29, 1.82) is 0 Å². The van der Waals surface area contributed by atoms with Crippen molar-refractivity contribution in [2.45, 2.75) is 46.0 Å². The van der Waals surface area contributed by atoms with Crippen molar-refractivity contribution in [3.8, 4) is 0 Å². The van der Waals surface area contributed by atoms with E-state index in [4.69, 9.17) is 5.73 Å². The second kappa shape index (κ2) is 4.96. The van der Waals surface area contributed by atoms with Crippen molar-refractivity contribution in [2.24, 2.45) is 0 Å². The van der Waals surface area contributed by atoms with Crippen molar-refractivity contribution in [1.82, 2.24) is 9.97 Å². The molecule has 0 fully saturated rings. The standard InChI is InChI=1S/C11H19N3O/c1-4-5-6-8-13-10(12)9(7(2)3)11(15)14-8/h7H,4-6H2,1-3H3,(H3,12,13,14,15). The third kappa shape index (κ3) is 2.81. The first-order chi connectivity index (χ1) is 7.06. The van der Waals surface area contributed by atoms with Crippen LogP contribution in [0.25, 0.3) is 0 Å². The zero-order valence-electron chi connectivity index (χ0n) is 9.63. The summed E-state index contributed by atoms with van der Waals surface area (Å²) in [6, 6.07) is 0. The van der Waals surface area contributed by atoms with Gasteiger partial charge in [0.1, 0.15) is 11.6 Å². The van der Waals surface area contributed by atoms with Crippen LogP contribution < -0.4 is 11.3 Å². The van der Waals surface area contributed by atoms with Crippen LogP contribution in [0.1, 0.15) is 50.9 Å². The molecule has 0 radical (unpaired) electrons. The van der Waals surface area contributed by atoms with Crippen molar-refractivity contribution >= 4 is 5.82 Å². The highest BCUT2D eigenvalue weighted by molar-refractivity contribution is 5.39. The van der Waals surface area contributed by atoms with E-state index in [0.717, 1.165) is 19.3 Å². The first-order valence-electron chi connectivity index (χ1n) is 5.44. The monoisotopic (exact) mass is 209 g/mol. The number of unbranched alkanes of at least 4 members (excludes halogenated alkanes) is 1. The highest BCUT2D eigenvalue weighted by atomic mass is 16.1. The zero-order chi connectivity index (χ0) is 11.4. The summed E-state index contributed by atoms with van der Waals surface area (Å²) in [7, 11) is 0. The molecule has 0 unspecified atom stereocenters. The molecule has 0 spiro atoms. The summed E-state index contributed by atoms with van der Waals surface area (Å²) in [5, 5.41) is 0. The molecule has 84 valence electrons. The second-order valence-corrected chi connectivity index (χ2v) is 4.07. The third-order valence-electron chi connectivity index (χ3n) is 2.38. The van der Waals surface area contributed by atoms with Gasteiger partial charge in [-0.05, 0) is 12.3 Å². The maximum atomic E-state index is 11.7. The Morgan fingerprint density at radius 3 is 2.60 bits per heavy atom. The Morgan fingerprint density at radius 2 is 2.13 bits per heavy atom. The van der Waals surface area contributed by atoms with Gasteiger partial charge < -0.3 is 10.7 Å². The van der Waals surface area contributed by atoms with Crippen LogP contribution in [0.3, 0.4) is 0 Å². The lowest BCUT2D eigenvalue weighted by Gasteiger charge is -2.08. The van der Waals surface area contributed by atoms with E-state index in [1.807, 2.05) is 13.8 Å². The second-order valence-electron chi connectivity index (χ2n) is 4.07. The minimum atomic E-state index is -0.0939. The van der Waals surface area contributed by atoms with Crippen LogP contribution in [0, 0.1) is 0 Å². The predicted molar refractivity (Wildman–Crippen MR) is 62.0 cm³/mol. The van der Waals surface area contributed by atoms with Gasteiger partial charge >= 0.3 is 0 Å². The van der Waals surface area contributed by atoms with E-state index < -0.39 is 0 Å². The molecule has 0 saturated carbocycles. The summed E-state index contributed by atoms with van der Waals surface area (Å²) in [4.78, 5) is 18.7. The summed E-state index contributed by atoms with van der Waals surface area (Å²) in [5.74, 6) is 1.19. The Kier molecular flexibility index (Phi) is 3.88. The molecule has 3 N–H and O–H groups in total. The average molecular weight is 209 g/mol. The number of nitrogens with one attached hydrogen (secondary N) is 1. The van der Waals surface area contributed by atoms with Gasteiger partial charge in [0.05, 0.1) is 5.56 Å². The fraction of sp³-hybridized carbons (Fsp3) is 0.636. The number of aromatic nitrogens is 2. The Labute approximate surface area is 89.9 Å². The molecule has 0 bridgehead atoms. The maximum Gasteiger partial charge on any atom is 0.256 e. The number of anilines is 1. The van der Waals surface area contributed by atoms with Crippen LogP contribution >= 0.6 is 0 Å². The van der Waals surface area contributed by atoms with Crippen molar-refractivity contribution in [2.75, 3.05) is 5.73 Å². The normalized spacial score (nSPS) is 10.9.